The van der Waals surface area contributed by atoms with Crippen molar-refractivity contribution in [1.82, 2.24) is 9.80 Å². The first-order chi connectivity index (χ1) is 15.0. The number of amides is 1. The molecule has 0 N–H and O–H groups in total. The van der Waals surface area contributed by atoms with E-state index in [1.54, 1.807) is 35.2 Å². The smallest absolute Gasteiger partial charge is 0.289 e. The van der Waals surface area contributed by atoms with Crippen LogP contribution in [0.5, 0.6) is 5.75 Å². The van der Waals surface area contributed by atoms with E-state index in [-0.39, 0.29) is 12.5 Å². The number of carbonyl (C=O) groups excluding carboxylic acids is 1. The van der Waals surface area contributed by atoms with E-state index in [4.69, 9.17) is 44.0 Å². The molecule has 1 aliphatic heterocycles. The third kappa shape index (κ3) is 5.36. The first-order valence-corrected chi connectivity index (χ1v) is 11.0. The molecule has 0 aliphatic carbocycles. The molecule has 31 heavy (non-hydrogen) atoms. The van der Waals surface area contributed by atoms with Crippen molar-refractivity contribution in [3.05, 3.63) is 86.7 Å². The van der Waals surface area contributed by atoms with Crippen molar-refractivity contribution >= 4 is 40.7 Å². The molecule has 1 aliphatic rings. The van der Waals surface area contributed by atoms with Crippen molar-refractivity contribution in [3.8, 4) is 5.75 Å². The summed E-state index contributed by atoms with van der Waals surface area (Å²) in [5.74, 6) is 1.18. The normalized spacial score (nSPS) is 14.6. The molecule has 1 aromatic heterocycles. The van der Waals surface area contributed by atoms with Gasteiger partial charge in [0.15, 0.2) is 5.76 Å². The van der Waals surface area contributed by atoms with E-state index in [1.165, 1.54) is 0 Å². The van der Waals surface area contributed by atoms with Gasteiger partial charge in [0.2, 0.25) is 0 Å². The molecule has 0 radical (unpaired) electrons. The molecule has 2 heterocycles. The van der Waals surface area contributed by atoms with Gasteiger partial charge in [-0.05, 0) is 35.9 Å². The monoisotopic (exact) mass is 478 g/mol. The maximum Gasteiger partial charge on any atom is 0.289 e. The molecule has 5 nitrogen and oxygen atoms in total. The van der Waals surface area contributed by atoms with Crippen molar-refractivity contribution < 1.29 is 13.9 Å². The first kappa shape index (κ1) is 22.0. The molecule has 162 valence electrons. The summed E-state index contributed by atoms with van der Waals surface area (Å²) in [6.45, 7) is 3.75. The minimum absolute atomic E-state index is 0.121. The average molecular weight is 480 g/mol. The summed E-state index contributed by atoms with van der Waals surface area (Å²) in [5, 5.41) is 1.54. The largest absolute Gasteiger partial charge is 0.484 e. The highest BCUT2D eigenvalue weighted by Crippen LogP contribution is 2.32. The highest BCUT2D eigenvalue weighted by molar-refractivity contribution is 6.42. The van der Waals surface area contributed by atoms with Gasteiger partial charge in [-0.25, -0.2) is 0 Å². The molecular formula is C23H21Cl3N2O3. The van der Waals surface area contributed by atoms with E-state index in [1.807, 2.05) is 24.3 Å². The molecule has 0 unspecified atom stereocenters. The quantitative estimate of drug-likeness (QED) is 0.450. The summed E-state index contributed by atoms with van der Waals surface area (Å²) in [5.41, 5.74) is 1.10. The Morgan fingerprint density at radius 2 is 1.65 bits per heavy atom. The Morgan fingerprint density at radius 3 is 2.42 bits per heavy atom. The fraction of sp³-hybridized carbons (Fsp3) is 0.261. The third-order valence-electron chi connectivity index (χ3n) is 5.17. The number of hydrogen-bond donors (Lipinski definition) is 0. The van der Waals surface area contributed by atoms with Crippen LogP contribution < -0.4 is 4.74 Å². The summed E-state index contributed by atoms with van der Waals surface area (Å²) < 4.78 is 11.4. The van der Waals surface area contributed by atoms with E-state index in [0.717, 1.165) is 30.2 Å². The molecule has 3 aromatic rings. The van der Waals surface area contributed by atoms with Gasteiger partial charge in [-0.2, -0.15) is 0 Å². The van der Waals surface area contributed by atoms with Crippen LogP contribution in [-0.4, -0.2) is 41.9 Å². The second-order valence-electron chi connectivity index (χ2n) is 7.27. The molecule has 0 saturated carbocycles. The van der Waals surface area contributed by atoms with Crippen molar-refractivity contribution in [1.29, 1.82) is 0 Å². The lowest BCUT2D eigenvalue weighted by molar-refractivity contribution is 0.0594. The predicted octanol–water partition coefficient (Wildman–Crippen LogP) is 5.78. The molecule has 1 saturated heterocycles. The number of benzene rings is 2. The first-order valence-electron chi connectivity index (χ1n) is 9.92. The maximum absolute atomic E-state index is 12.8. The lowest BCUT2D eigenvalue weighted by Crippen LogP contribution is -2.48. The predicted molar refractivity (Wildman–Crippen MR) is 122 cm³/mol. The molecule has 1 fully saturated rings. The number of carbonyl (C=O) groups is 1. The van der Waals surface area contributed by atoms with Crippen LogP contribution >= 0.6 is 34.8 Å². The molecule has 8 heteroatoms. The number of nitrogens with zero attached hydrogens (tertiary/aromatic N) is 2. The fourth-order valence-corrected chi connectivity index (χ4v) is 3.99. The van der Waals surface area contributed by atoms with Crippen molar-refractivity contribution in [2.24, 2.45) is 0 Å². The minimum Gasteiger partial charge on any atom is -0.484 e. The molecule has 4 rings (SSSR count). The van der Waals surface area contributed by atoms with E-state index < -0.39 is 0 Å². The van der Waals surface area contributed by atoms with Crippen LogP contribution in [0.2, 0.25) is 15.1 Å². The highest BCUT2D eigenvalue weighted by atomic mass is 35.5. The zero-order chi connectivity index (χ0) is 21.8. The topological polar surface area (TPSA) is 45.9 Å². The van der Waals surface area contributed by atoms with Crippen LogP contribution in [0.3, 0.4) is 0 Å². The standard InChI is InChI=1S/C23H21Cl3N2O3/c24-18-5-2-1-4-16(18)14-27-10-12-28(13-11-27)23(29)21-9-8-17(31-21)15-30-20-7-3-6-19(25)22(20)26/h1-9H,10-15H2. The number of hydrogen-bond acceptors (Lipinski definition) is 4. The van der Waals surface area contributed by atoms with Gasteiger partial charge in [0.1, 0.15) is 23.1 Å². The second-order valence-corrected chi connectivity index (χ2v) is 8.46. The van der Waals surface area contributed by atoms with Gasteiger partial charge in [-0.3, -0.25) is 9.69 Å². The molecule has 1 amide bonds. The summed E-state index contributed by atoms with van der Waals surface area (Å²) in [6.07, 6.45) is 0. The van der Waals surface area contributed by atoms with Crippen molar-refractivity contribution in [2.45, 2.75) is 13.2 Å². The van der Waals surface area contributed by atoms with E-state index in [0.29, 0.717) is 40.4 Å². The zero-order valence-electron chi connectivity index (χ0n) is 16.7. The Morgan fingerprint density at radius 1 is 0.903 bits per heavy atom. The summed E-state index contributed by atoms with van der Waals surface area (Å²) in [7, 11) is 0. The maximum atomic E-state index is 12.8. The molecule has 0 atom stereocenters. The summed E-state index contributed by atoms with van der Waals surface area (Å²) in [4.78, 5) is 16.9. The van der Waals surface area contributed by atoms with Crippen molar-refractivity contribution in [2.75, 3.05) is 26.2 Å². The van der Waals surface area contributed by atoms with Gasteiger partial charge in [0.25, 0.3) is 5.91 Å². The van der Waals surface area contributed by atoms with Crippen LogP contribution in [0.25, 0.3) is 0 Å². The Bertz CT molecular complexity index is 1060. The van der Waals surface area contributed by atoms with Crippen LogP contribution in [0.15, 0.2) is 59.0 Å². The van der Waals surface area contributed by atoms with E-state index in [9.17, 15) is 4.79 Å². The molecule has 0 bridgehead atoms. The van der Waals surface area contributed by atoms with Crippen molar-refractivity contribution in [3.63, 3.8) is 0 Å². The number of piperazine rings is 1. The van der Waals surface area contributed by atoms with Gasteiger partial charge in [-0.1, -0.05) is 59.1 Å². The van der Waals surface area contributed by atoms with Crippen LogP contribution in [0.4, 0.5) is 0 Å². The number of rotatable bonds is 6. The lowest BCUT2D eigenvalue weighted by Gasteiger charge is -2.34. The summed E-state index contributed by atoms with van der Waals surface area (Å²) in [6, 6.07) is 16.4. The van der Waals surface area contributed by atoms with Crippen LogP contribution in [0.1, 0.15) is 21.9 Å². The van der Waals surface area contributed by atoms with Gasteiger partial charge in [-0.15, -0.1) is 0 Å². The minimum atomic E-state index is -0.121. The Hall–Kier alpha value is -2.18. The molecule has 2 aromatic carbocycles. The Kier molecular flexibility index (Phi) is 7.08. The lowest BCUT2D eigenvalue weighted by atomic mass is 10.2. The molecule has 0 spiro atoms. The zero-order valence-corrected chi connectivity index (χ0v) is 19.0. The van der Waals surface area contributed by atoms with Gasteiger partial charge in [0.05, 0.1) is 5.02 Å². The van der Waals surface area contributed by atoms with E-state index >= 15 is 0 Å². The second kappa shape index (κ2) is 9.96. The third-order valence-corrected chi connectivity index (χ3v) is 6.34. The van der Waals surface area contributed by atoms with Gasteiger partial charge >= 0.3 is 0 Å². The number of furan rings is 1. The van der Waals surface area contributed by atoms with Crippen LogP contribution in [-0.2, 0) is 13.2 Å². The van der Waals surface area contributed by atoms with Gasteiger partial charge < -0.3 is 14.1 Å². The average Bonchev–Trinajstić information content (AvgIpc) is 3.25. The summed E-state index contributed by atoms with van der Waals surface area (Å²) >= 11 is 18.4. The molecular weight excluding hydrogens is 459 g/mol. The highest BCUT2D eigenvalue weighted by Gasteiger charge is 2.24. The number of ether oxygens (including phenoxy) is 1. The Balaban J connectivity index is 1.30. The number of halogens is 3. The fourth-order valence-electron chi connectivity index (χ4n) is 3.45. The SMILES string of the molecule is O=C(c1ccc(COc2cccc(Cl)c2Cl)o1)N1CCN(Cc2ccccc2Cl)CC1. The van der Waals surface area contributed by atoms with Crippen LogP contribution in [0, 0.1) is 0 Å². The van der Waals surface area contributed by atoms with Gasteiger partial charge in [0, 0.05) is 37.7 Å². The Labute approximate surface area is 196 Å². The van der Waals surface area contributed by atoms with E-state index in [2.05, 4.69) is 4.90 Å².